The molecule has 3 nitrogen and oxygen atoms in total. The zero-order chi connectivity index (χ0) is 12.1. The Morgan fingerprint density at radius 3 is 3.18 bits per heavy atom. The molecule has 0 spiro atoms. The van der Waals surface area contributed by atoms with Gasteiger partial charge in [0.05, 0.1) is 18.9 Å². The molecule has 0 amide bonds. The van der Waals surface area contributed by atoms with Crippen molar-refractivity contribution in [2.75, 3.05) is 6.61 Å². The minimum Gasteiger partial charge on any atom is -0.372 e. The van der Waals surface area contributed by atoms with Gasteiger partial charge < -0.3 is 4.74 Å². The van der Waals surface area contributed by atoms with Gasteiger partial charge in [-0.05, 0) is 23.7 Å². The zero-order valence-corrected chi connectivity index (χ0v) is 10.7. The highest BCUT2D eigenvalue weighted by Gasteiger charge is 2.04. The van der Waals surface area contributed by atoms with Crippen LogP contribution < -0.4 is 0 Å². The molecule has 0 fully saturated rings. The summed E-state index contributed by atoms with van der Waals surface area (Å²) in [5.41, 5.74) is 1.87. The van der Waals surface area contributed by atoms with Crippen molar-refractivity contribution < 1.29 is 4.74 Å². The SMILES string of the molecule is C=CCOCc1cc(-c2ccnc(Cl)n2)cs1. The first-order chi connectivity index (χ1) is 8.29. The Bertz CT molecular complexity index is 513. The van der Waals surface area contributed by atoms with Gasteiger partial charge in [0.2, 0.25) is 5.28 Å². The number of hydrogen-bond acceptors (Lipinski definition) is 4. The summed E-state index contributed by atoms with van der Waals surface area (Å²) in [5, 5.41) is 2.30. The van der Waals surface area contributed by atoms with Crippen LogP contribution in [-0.2, 0) is 11.3 Å². The minimum atomic E-state index is 0.262. The van der Waals surface area contributed by atoms with Gasteiger partial charge >= 0.3 is 0 Å². The highest BCUT2D eigenvalue weighted by Crippen LogP contribution is 2.24. The predicted octanol–water partition coefficient (Wildman–Crippen LogP) is 3.56. The molecule has 0 aliphatic rings. The number of aromatic nitrogens is 2. The second-order valence-electron chi connectivity index (χ2n) is 3.32. The Morgan fingerprint density at radius 1 is 1.53 bits per heavy atom. The molecule has 0 saturated carbocycles. The van der Waals surface area contributed by atoms with Crippen molar-refractivity contribution in [2.24, 2.45) is 0 Å². The largest absolute Gasteiger partial charge is 0.372 e. The normalized spacial score (nSPS) is 10.4. The molecule has 17 heavy (non-hydrogen) atoms. The fourth-order valence-electron chi connectivity index (χ4n) is 1.33. The van der Waals surface area contributed by atoms with Gasteiger partial charge in [0.15, 0.2) is 0 Å². The van der Waals surface area contributed by atoms with Gasteiger partial charge in [-0.3, -0.25) is 0 Å². The maximum Gasteiger partial charge on any atom is 0.222 e. The molecule has 0 unspecified atom stereocenters. The summed E-state index contributed by atoms with van der Waals surface area (Å²) in [4.78, 5) is 9.16. The van der Waals surface area contributed by atoms with Crippen molar-refractivity contribution in [3.8, 4) is 11.3 Å². The molecule has 88 valence electrons. The average Bonchev–Trinajstić information content (AvgIpc) is 2.78. The standard InChI is InChI=1S/C12H11ClN2OS/c1-2-5-16-7-10-6-9(8-17-10)11-3-4-14-12(13)15-11/h2-4,6,8H,1,5,7H2. The van der Waals surface area contributed by atoms with E-state index in [2.05, 4.69) is 16.5 Å². The van der Waals surface area contributed by atoms with E-state index in [-0.39, 0.29) is 5.28 Å². The van der Waals surface area contributed by atoms with Crippen molar-refractivity contribution in [3.05, 3.63) is 46.5 Å². The fourth-order valence-corrected chi connectivity index (χ4v) is 2.29. The summed E-state index contributed by atoms with van der Waals surface area (Å²) in [7, 11) is 0. The average molecular weight is 267 g/mol. The fraction of sp³-hybridized carbons (Fsp3) is 0.167. The van der Waals surface area contributed by atoms with Gasteiger partial charge in [-0.1, -0.05) is 6.08 Å². The highest BCUT2D eigenvalue weighted by atomic mass is 35.5. The van der Waals surface area contributed by atoms with Crippen LogP contribution in [-0.4, -0.2) is 16.6 Å². The second-order valence-corrected chi connectivity index (χ2v) is 4.65. The van der Waals surface area contributed by atoms with E-state index >= 15 is 0 Å². The van der Waals surface area contributed by atoms with Crippen LogP contribution in [0.1, 0.15) is 4.88 Å². The summed E-state index contributed by atoms with van der Waals surface area (Å²) in [5.74, 6) is 0. The minimum absolute atomic E-state index is 0.262. The molecular formula is C12H11ClN2OS. The van der Waals surface area contributed by atoms with Crippen LogP contribution in [0.5, 0.6) is 0 Å². The lowest BCUT2D eigenvalue weighted by Gasteiger charge is -1.97. The molecule has 0 aliphatic heterocycles. The van der Waals surface area contributed by atoms with Gasteiger partial charge in [0.25, 0.3) is 0 Å². The van der Waals surface area contributed by atoms with Gasteiger partial charge in [-0.2, -0.15) is 0 Å². The van der Waals surface area contributed by atoms with Crippen LogP contribution in [0.3, 0.4) is 0 Å². The summed E-state index contributed by atoms with van der Waals surface area (Å²) >= 11 is 7.39. The first-order valence-corrected chi connectivity index (χ1v) is 6.30. The molecule has 0 N–H and O–H groups in total. The monoisotopic (exact) mass is 266 g/mol. The topological polar surface area (TPSA) is 35.0 Å². The maximum absolute atomic E-state index is 5.75. The Kier molecular flexibility index (Phi) is 4.25. The molecule has 0 aromatic carbocycles. The smallest absolute Gasteiger partial charge is 0.222 e. The lowest BCUT2D eigenvalue weighted by atomic mass is 10.2. The quantitative estimate of drug-likeness (QED) is 0.471. The number of ether oxygens (including phenoxy) is 1. The third kappa shape index (κ3) is 3.36. The highest BCUT2D eigenvalue weighted by molar-refractivity contribution is 7.10. The van der Waals surface area contributed by atoms with Crippen LogP contribution in [0.4, 0.5) is 0 Å². The lowest BCUT2D eigenvalue weighted by Crippen LogP contribution is -1.89. The van der Waals surface area contributed by atoms with E-state index < -0.39 is 0 Å². The van der Waals surface area contributed by atoms with Crippen molar-refractivity contribution in [2.45, 2.75) is 6.61 Å². The molecule has 0 aliphatic carbocycles. The molecule has 2 aromatic heterocycles. The van der Waals surface area contributed by atoms with E-state index in [1.165, 1.54) is 0 Å². The third-order valence-corrected chi connectivity index (χ3v) is 3.15. The number of halogens is 1. The predicted molar refractivity (Wildman–Crippen MR) is 70.2 cm³/mol. The van der Waals surface area contributed by atoms with Crippen LogP contribution in [0.25, 0.3) is 11.3 Å². The van der Waals surface area contributed by atoms with E-state index in [0.29, 0.717) is 13.2 Å². The zero-order valence-electron chi connectivity index (χ0n) is 9.10. The number of rotatable bonds is 5. The van der Waals surface area contributed by atoms with Crippen molar-refractivity contribution >= 4 is 22.9 Å². The van der Waals surface area contributed by atoms with E-state index in [1.54, 1.807) is 23.6 Å². The van der Waals surface area contributed by atoms with Crippen molar-refractivity contribution in [1.82, 2.24) is 9.97 Å². The molecular weight excluding hydrogens is 256 g/mol. The summed E-state index contributed by atoms with van der Waals surface area (Å²) in [6, 6.07) is 3.88. The van der Waals surface area contributed by atoms with Crippen LogP contribution in [0, 0.1) is 0 Å². The molecule has 0 atom stereocenters. The molecule has 0 saturated heterocycles. The maximum atomic E-state index is 5.75. The van der Waals surface area contributed by atoms with Crippen LogP contribution >= 0.6 is 22.9 Å². The van der Waals surface area contributed by atoms with Gasteiger partial charge in [-0.15, -0.1) is 17.9 Å². The number of thiophene rings is 1. The summed E-state index contributed by atoms with van der Waals surface area (Å²) in [6.07, 6.45) is 3.38. The molecule has 0 radical (unpaired) electrons. The first kappa shape index (κ1) is 12.2. The molecule has 5 heteroatoms. The van der Waals surface area contributed by atoms with E-state index in [0.717, 1.165) is 16.1 Å². The van der Waals surface area contributed by atoms with Crippen LogP contribution in [0.2, 0.25) is 5.28 Å². The molecule has 0 bridgehead atoms. The van der Waals surface area contributed by atoms with Gasteiger partial charge in [-0.25, -0.2) is 9.97 Å². The Labute approximate surface area is 109 Å². The van der Waals surface area contributed by atoms with Crippen LogP contribution in [0.15, 0.2) is 36.4 Å². The van der Waals surface area contributed by atoms with E-state index in [4.69, 9.17) is 16.3 Å². The number of nitrogens with zero attached hydrogens (tertiary/aromatic N) is 2. The van der Waals surface area contributed by atoms with Gasteiger partial charge in [0, 0.05) is 22.0 Å². The van der Waals surface area contributed by atoms with Crippen molar-refractivity contribution in [1.29, 1.82) is 0 Å². The number of hydrogen-bond donors (Lipinski definition) is 0. The summed E-state index contributed by atoms with van der Waals surface area (Å²) in [6.45, 7) is 4.76. The molecule has 2 rings (SSSR count). The second kappa shape index (κ2) is 5.91. The van der Waals surface area contributed by atoms with E-state index in [9.17, 15) is 0 Å². The summed E-state index contributed by atoms with van der Waals surface area (Å²) < 4.78 is 5.38. The van der Waals surface area contributed by atoms with Crippen molar-refractivity contribution in [3.63, 3.8) is 0 Å². The Hall–Kier alpha value is -1.23. The molecule has 2 heterocycles. The molecule has 2 aromatic rings. The Balaban J connectivity index is 2.10. The Morgan fingerprint density at radius 2 is 2.41 bits per heavy atom. The van der Waals surface area contributed by atoms with Gasteiger partial charge in [0.1, 0.15) is 0 Å². The van der Waals surface area contributed by atoms with E-state index in [1.807, 2.05) is 17.5 Å². The third-order valence-electron chi connectivity index (χ3n) is 2.06. The lowest BCUT2D eigenvalue weighted by molar-refractivity contribution is 0.151. The first-order valence-electron chi connectivity index (χ1n) is 5.04.